The molecule has 1 aromatic heterocycles. The van der Waals surface area contributed by atoms with Gasteiger partial charge in [-0.1, -0.05) is 11.6 Å². The molecule has 0 saturated heterocycles. The number of hydrogen-bond donors (Lipinski definition) is 0. The first-order chi connectivity index (χ1) is 7.27. The average molecular weight is 222 g/mol. The normalized spacial score (nSPS) is 13.9. The Kier molecular flexibility index (Phi) is 1.76. The number of pyridine rings is 1. The number of ether oxygens (including phenoxy) is 1. The topological polar surface area (TPSA) is 31.2 Å². The summed E-state index contributed by atoms with van der Waals surface area (Å²) in [4.78, 5) is 11.6. The lowest BCUT2D eigenvalue weighted by Gasteiger charge is -2.20. The molecule has 3 rings (SSSR count). The number of nitrogens with zero attached hydrogens (tertiary/aromatic N) is 1. The molecule has 3 nitrogen and oxygen atoms in total. The van der Waals surface area contributed by atoms with Crippen LogP contribution in [0.25, 0.3) is 10.9 Å². The molecule has 1 aliphatic rings. The van der Waals surface area contributed by atoms with Crippen molar-refractivity contribution in [3.05, 3.63) is 39.6 Å². The highest BCUT2D eigenvalue weighted by Gasteiger charge is 2.15. The first kappa shape index (κ1) is 8.80. The summed E-state index contributed by atoms with van der Waals surface area (Å²) in [5.41, 5.74) is 0.801. The predicted octanol–water partition coefficient (Wildman–Crippen LogP) is 2.05. The van der Waals surface area contributed by atoms with Crippen molar-refractivity contribution in [2.45, 2.75) is 6.54 Å². The van der Waals surface area contributed by atoms with Crippen molar-refractivity contribution < 1.29 is 4.74 Å². The van der Waals surface area contributed by atoms with Crippen LogP contribution in [-0.2, 0) is 6.54 Å². The van der Waals surface area contributed by atoms with E-state index in [0.717, 1.165) is 16.7 Å². The average Bonchev–Trinajstić information content (AvgIpc) is 2.26. The maximum absolute atomic E-state index is 11.6. The predicted molar refractivity (Wildman–Crippen MR) is 58.7 cm³/mol. The van der Waals surface area contributed by atoms with Gasteiger partial charge < -0.3 is 9.30 Å². The van der Waals surface area contributed by atoms with E-state index in [1.807, 2.05) is 0 Å². The second-order valence-corrected chi connectivity index (χ2v) is 3.89. The van der Waals surface area contributed by atoms with Gasteiger partial charge in [-0.15, -0.1) is 0 Å². The molecule has 0 aliphatic carbocycles. The summed E-state index contributed by atoms with van der Waals surface area (Å²) in [6.07, 6.45) is 0. The van der Waals surface area contributed by atoms with Crippen LogP contribution in [0.2, 0.25) is 5.02 Å². The Morgan fingerprint density at radius 1 is 1.27 bits per heavy atom. The van der Waals surface area contributed by atoms with Gasteiger partial charge in [-0.05, 0) is 18.2 Å². The van der Waals surface area contributed by atoms with E-state index < -0.39 is 0 Å². The van der Waals surface area contributed by atoms with Gasteiger partial charge in [-0.25, -0.2) is 0 Å². The molecule has 2 heterocycles. The zero-order chi connectivity index (χ0) is 10.4. The Morgan fingerprint density at radius 3 is 3.00 bits per heavy atom. The Morgan fingerprint density at radius 2 is 2.13 bits per heavy atom. The Bertz CT molecular complexity index is 603. The lowest BCUT2D eigenvalue weighted by atomic mass is 10.2. The SMILES string of the molecule is O=c1ccc2c(Cl)ccc3c2n1CCO3. The molecular weight excluding hydrogens is 214 g/mol. The number of aromatic nitrogens is 1. The largest absolute Gasteiger partial charge is 0.490 e. The summed E-state index contributed by atoms with van der Waals surface area (Å²) in [6, 6.07) is 6.89. The third-order valence-electron chi connectivity index (χ3n) is 2.63. The molecule has 0 unspecified atom stereocenters. The van der Waals surface area contributed by atoms with E-state index in [-0.39, 0.29) is 5.56 Å². The third-order valence-corrected chi connectivity index (χ3v) is 2.96. The van der Waals surface area contributed by atoms with Crippen molar-refractivity contribution >= 4 is 22.5 Å². The molecule has 4 heteroatoms. The molecule has 1 aromatic carbocycles. The quantitative estimate of drug-likeness (QED) is 0.682. The molecule has 0 fully saturated rings. The van der Waals surface area contributed by atoms with Crippen LogP contribution in [0.3, 0.4) is 0 Å². The van der Waals surface area contributed by atoms with Crippen LogP contribution in [0.15, 0.2) is 29.1 Å². The van der Waals surface area contributed by atoms with Crippen LogP contribution in [0.5, 0.6) is 5.75 Å². The van der Waals surface area contributed by atoms with Crippen LogP contribution >= 0.6 is 11.6 Å². The fourth-order valence-corrected chi connectivity index (χ4v) is 2.16. The molecule has 0 spiro atoms. The van der Waals surface area contributed by atoms with Gasteiger partial charge in [0.2, 0.25) is 0 Å². The third kappa shape index (κ3) is 1.16. The molecule has 0 saturated carbocycles. The van der Waals surface area contributed by atoms with E-state index in [0.29, 0.717) is 18.2 Å². The standard InChI is InChI=1S/C11H8ClNO2/c12-8-2-3-9-11-7(8)1-4-10(14)13(11)5-6-15-9/h1-4H,5-6H2. The molecule has 15 heavy (non-hydrogen) atoms. The molecule has 2 aromatic rings. The highest BCUT2D eigenvalue weighted by atomic mass is 35.5. The van der Waals surface area contributed by atoms with Crippen molar-refractivity contribution in [1.29, 1.82) is 0 Å². The van der Waals surface area contributed by atoms with E-state index in [4.69, 9.17) is 16.3 Å². The fourth-order valence-electron chi connectivity index (χ4n) is 1.94. The summed E-state index contributed by atoms with van der Waals surface area (Å²) >= 11 is 6.06. The minimum atomic E-state index is -0.00526. The molecule has 0 amide bonds. The van der Waals surface area contributed by atoms with Gasteiger partial charge in [0.25, 0.3) is 5.56 Å². The highest BCUT2D eigenvalue weighted by molar-refractivity contribution is 6.35. The summed E-state index contributed by atoms with van der Waals surface area (Å²) in [5, 5.41) is 1.52. The summed E-state index contributed by atoms with van der Waals surface area (Å²) in [7, 11) is 0. The number of benzene rings is 1. The van der Waals surface area contributed by atoms with Gasteiger partial charge in [0.05, 0.1) is 17.1 Å². The lowest BCUT2D eigenvalue weighted by Crippen LogP contribution is -2.26. The van der Waals surface area contributed by atoms with Gasteiger partial charge in [-0.2, -0.15) is 0 Å². The van der Waals surface area contributed by atoms with Crippen molar-refractivity contribution in [3.8, 4) is 5.75 Å². The summed E-state index contributed by atoms with van der Waals surface area (Å²) in [6.45, 7) is 1.12. The van der Waals surface area contributed by atoms with Crippen molar-refractivity contribution in [2.75, 3.05) is 6.61 Å². The zero-order valence-corrected chi connectivity index (χ0v) is 8.62. The monoisotopic (exact) mass is 221 g/mol. The number of hydrogen-bond acceptors (Lipinski definition) is 2. The Labute approximate surface area is 90.8 Å². The van der Waals surface area contributed by atoms with Crippen molar-refractivity contribution in [3.63, 3.8) is 0 Å². The highest BCUT2D eigenvalue weighted by Crippen LogP contribution is 2.32. The first-order valence-corrected chi connectivity index (χ1v) is 5.10. The van der Waals surface area contributed by atoms with E-state index in [9.17, 15) is 4.79 Å². The lowest BCUT2D eigenvalue weighted by molar-refractivity contribution is 0.284. The van der Waals surface area contributed by atoms with E-state index in [2.05, 4.69) is 0 Å². The second kappa shape index (κ2) is 3.00. The Balaban J connectivity index is 2.58. The van der Waals surface area contributed by atoms with Gasteiger partial charge in [0.15, 0.2) is 0 Å². The van der Waals surface area contributed by atoms with Crippen LogP contribution in [0.4, 0.5) is 0 Å². The van der Waals surface area contributed by atoms with Crippen LogP contribution < -0.4 is 10.3 Å². The van der Waals surface area contributed by atoms with E-state index >= 15 is 0 Å². The maximum atomic E-state index is 11.6. The molecule has 0 N–H and O–H groups in total. The maximum Gasteiger partial charge on any atom is 0.251 e. The molecule has 1 aliphatic heterocycles. The van der Waals surface area contributed by atoms with Crippen LogP contribution in [0, 0.1) is 0 Å². The Hall–Kier alpha value is -1.48. The molecular formula is C11H8ClNO2. The molecule has 0 atom stereocenters. The summed E-state index contributed by atoms with van der Waals surface area (Å²) < 4.78 is 7.20. The fraction of sp³-hybridized carbons (Fsp3) is 0.182. The van der Waals surface area contributed by atoms with Crippen LogP contribution in [-0.4, -0.2) is 11.2 Å². The number of rotatable bonds is 0. The molecule has 76 valence electrons. The molecule has 0 bridgehead atoms. The number of halogens is 1. The minimum absolute atomic E-state index is 0.00526. The van der Waals surface area contributed by atoms with E-state index in [1.54, 1.807) is 28.8 Å². The van der Waals surface area contributed by atoms with Gasteiger partial charge in [-0.3, -0.25) is 4.79 Å². The first-order valence-electron chi connectivity index (χ1n) is 4.72. The zero-order valence-electron chi connectivity index (χ0n) is 7.87. The summed E-state index contributed by atoms with van der Waals surface area (Å²) in [5.74, 6) is 0.735. The van der Waals surface area contributed by atoms with Crippen molar-refractivity contribution in [2.24, 2.45) is 0 Å². The van der Waals surface area contributed by atoms with E-state index in [1.165, 1.54) is 0 Å². The van der Waals surface area contributed by atoms with Gasteiger partial charge >= 0.3 is 0 Å². The second-order valence-electron chi connectivity index (χ2n) is 3.48. The van der Waals surface area contributed by atoms with Crippen molar-refractivity contribution in [1.82, 2.24) is 4.57 Å². The molecule has 0 radical (unpaired) electrons. The van der Waals surface area contributed by atoms with Gasteiger partial charge in [0, 0.05) is 11.5 Å². The van der Waals surface area contributed by atoms with Gasteiger partial charge in [0.1, 0.15) is 12.4 Å². The smallest absolute Gasteiger partial charge is 0.251 e. The minimum Gasteiger partial charge on any atom is -0.490 e. The van der Waals surface area contributed by atoms with Crippen LogP contribution in [0.1, 0.15) is 0 Å².